The Bertz CT molecular complexity index is 229. The largest absolute Gasteiger partial charge is 0.466 e. The van der Waals surface area contributed by atoms with Crippen LogP contribution in [0.25, 0.3) is 0 Å². The van der Waals surface area contributed by atoms with Crippen LogP contribution in [0.5, 0.6) is 0 Å². The van der Waals surface area contributed by atoms with E-state index >= 15 is 0 Å². The van der Waals surface area contributed by atoms with Gasteiger partial charge in [-0.05, 0) is 32.6 Å². The van der Waals surface area contributed by atoms with Gasteiger partial charge in [-0.15, -0.1) is 0 Å². The fourth-order valence-corrected chi connectivity index (χ4v) is 1.91. The summed E-state index contributed by atoms with van der Waals surface area (Å²) in [6.07, 6.45) is 3.05. The molecule has 0 aromatic carbocycles. The van der Waals surface area contributed by atoms with E-state index in [1.807, 2.05) is 6.92 Å². The quantitative estimate of drug-likeness (QED) is 0.670. The van der Waals surface area contributed by atoms with Crippen LogP contribution >= 0.6 is 0 Å². The van der Waals surface area contributed by atoms with Crippen molar-refractivity contribution in [3.8, 4) is 0 Å². The lowest BCUT2D eigenvalue weighted by Gasteiger charge is -2.26. The summed E-state index contributed by atoms with van der Waals surface area (Å²) >= 11 is 0. The van der Waals surface area contributed by atoms with Crippen molar-refractivity contribution in [2.24, 2.45) is 5.92 Å². The van der Waals surface area contributed by atoms with Crippen LogP contribution in [0.1, 0.15) is 39.5 Å². The minimum atomic E-state index is -0.241. The van der Waals surface area contributed by atoms with Crippen LogP contribution in [0.3, 0.4) is 0 Å². The average molecular weight is 214 g/mol. The molecule has 0 atom stereocenters. The van der Waals surface area contributed by atoms with E-state index in [9.17, 15) is 9.59 Å². The molecule has 0 unspecified atom stereocenters. The van der Waals surface area contributed by atoms with Crippen LogP contribution in [0.2, 0.25) is 0 Å². The van der Waals surface area contributed by atoms with Gasteiger partial charge in [-0.25, -0.2) is 0 Å². The average Bonchev–Trinajstić information content (AvgIpc) is 2.18. The van der Waals surface area contributed by atoms with Gasteiger partial charge in [-0.2, -0.15) is 0 Å². The molecule has 1 aliphatic carbocycles. The predicted octanol–water partition coefficient (Wildman–Crippen LogP) is 1.67. The maximum atomic E-state index is 11.4. The first-order valence-electron chi connectivity index (χ1n) is 5.47. The van der Waals surface area contributed by atoms with E-state index in [0.717, 1.165) is 25.7 Å². The third kappa shape index (κ3) is 3.90. The smallest absolute Gasteiger partial charge is 0.308 e. The monoisotopic (exact) mass is 214 g/mol. The van der Waals surface area contributed by atoms with Crippen molar-refractivity contribution in [1.29, 1.82) is 0 Å². The number of hydrogen-bond donors (Lipinski definition) is 0. The second-order valence-electron chi connectivity index (χ2n) is 3.84. The predicted molar refractivity (Wildman–Crippen MR) is 54.1 cm³/mol. The Hall–Kier alpha value is -1.06. The first-order valence-corrected chi connectivity index (χ1v) is 5.47. The van der Waals surface area contributed by atoms with Gasteiger partial charge in [-0.3, -0.25) is 9.59 Å². The lowest BCUT2D eigenvalue weighted by atomic mass is 9.87. The molecular weight excluding hydrogens is 196 g/mol. The molecule has 1 aliphatic rings. The minimum Gasteiger partial charge on any atom is -0.466 e. The SMILES string of the molecule is CCOC(=O)C1CCC(OC(C)=O)CC1. The Kier molecular flexibility index (Phi) is 4.59. The van der Waals surface area contributed by atoms with Gasteiger partial charge in [0.2, 0.25) is 0 Å². The molecular formula is C11H18O4. The number of esters is 2. The molecule has 86 valence electrons. The maximum absolute atomic E-state index is 11.4. The molecule has 1 saturated carbocycles. The summed E-state index contributed by atoms with van der Waals surface area (Å²) in [7, 11) is 0. The molecule has 4 heteroatoms. The summed E-state index contributed by atoms with van der Waals surface area (Å²) in [4.78, 5) is 22.1. The maximum Gasteiger partial charge on any atom is 0.308 e. The molecule has 0 heterocycles. The Morgan fingerprint density at radius 3 is 2.27 bits per heavy atom. The first kappa shape index (κ1) is 12.0. The third-order valence-corrected chi connectivity index (χ3v) is 2.63. The molecule has 0 bridgehead atoms. The van der Waals surface area contributed by atoms with Gasteiger partial charge in [0, 0.05) is 6.92 Å². The normalized spacial score (nSPS) is 25.7. The van der Waals surface area contributed by atoms with E-state index in [2.05, 4.69) is 0 Å². The van der Waals surface area contributed by atoms with E-state index in [-0.39, 0.29) is 24.0 Å². The van der Waals surface area contributed by atoms with Crippen LogP contribution < -0.4 is 0 Å². The van der Waals surface area contributed by atoms with Crippen molar-refractivity contribution in [2.75, 3.05) is 6.61 Å². The van der Waals surface area contributed by atoms with Gasteiger partial charge in [0.25, 0.3) is 0 Å². The number of carbonyl (C=O) groups excluding carboxylic acids is 2. The van der Waals surface area contributed by atoms with Crippen molar-refractivity contribution in [3.63, 3.8) is 0 Å². The van der Waals surface area contributed by atoms with Crippen LogP contribution in [-0.4, -0.2) is 24.6 Å². The van der Waals surface area contributed by atoms with E-state index in [4.69, 9.17) is 9.47 Å². The Morgan fingerprint density at radius 1 is 1.20 bits per heavy atom. The number of carbonyl (C=O) groups is 2. The molecule has 0 aromatic heterocycles. The zero-order valence-electron chi connectivity index (χ0n) is 9.32. The fourth-order valence-electron chi connectivity index (χ4n) is 1.91. The highest BCUT2D eigenvalue weighted by Crippen LogP contribution is 2.27. The second-order valence-corrected chi connectivity index (χ2v) is 3.84. The Morgan fingerprint density at radius 2 is 1.80 bits per heavy atom. The lowest BCUT2D eigenvalue weighted by molar-refractivity contribution is -0.153. The number of hydrogen-bond acceptors (Lipinski definition) is 4. The standard InChI is InChI=1S/C11H18O4/c1-3-14-11(13)9-4-6-10(7-5-9)15-8(2)12/h9-10H,3-7H2,1-2H3. The summed E-state index contributed by atoms with van der Waals surface area (Å²) in [5.41, 5.74) is 0. The van der Waals surface area contributed by atoms with Gasteiger partial charge in [-0.1, -0.05) is 0 Å². The van der Waals surface area contributed by atoms with E-state index in [0.29, 0.717) is 6.61 Å². The topological polar surface area (TPSA) is 52.6 Å². The van der Waals surface area contributed by atoms with Gasteiger partial charge in [0.1, 0.15) is 6.10 Å². The van der Waals surface area contributed by atoms with Crippen molar-refractivity contribution in [1.82, 2.24) is 0 Å². The van der Waals surface area contributed by atoms with Crippen molar-refractivity contribution < 1.29 is 19.1 Å². The summed E-state index contributed by atoms with van der Waals surface area (Å²) in [6.45, 7) is 3.66. The molecule has 0 spiro atoms. The third-order valence-electron chi connectivity index (χ3n) is 2.63. The van der Waals surface area contributed by atoms with Gasteiger partial charge in [0.05, 0.1) is 12.5 Å². The van der Waals surface area contributed by atoms with Crippen LogP contribution in [-0.2, 0) is 19.1 Å². The highest BCUT2D eigenvalue weighted by atomic mass is 16.5. The summed E-state index contributed by atoms with van der Waals surface area (Å²) in [6, 6.07) is 0. The highest BCUT2D eigenvalue weighted by Gasteiger charge is 2.28. The molecule has 15 heavy (non-hydrogen) atoms. The first-order chi connectivity index (χ1) is 7.13. The van der Waals surface area contributed by atoms with Crippen LogP contribution in [0.4, 0.5) is 0 Å². The lowest BCUT2D eigenvalue weighted by Crippen LogP contribution is -2.28. The molecule has 0 aromatic rings. The highest BCUT2D eigenvalue weighted by molar-refractivity contribution is 5.72. The number of rotatable bonds is 3. The Labute approximate surface area is 89.9 Å². The van der Waals surface area contributed by atoms with Crippen molar-refractivity contribution >= 4 is 11.9 Å². The van der Waals surface area contributed by atoms with Crippen molar-refractivity contribution in [3.05, 3.63) is 0 Å². The summed E-state index contributed by atoms with van der Waals surface area (Å²) < 4.78 is 10.0. The zero-order valence-corrected chi connectivity index (χ0v) is 9.32. The molecule has 1 rings (SSSR count). The zero-order chi connectivity index (χ0) is 11.3. The summed E-state index contributed by atoms with van der Waals surface area (Å²) in [5, 5.41) is 0. The molecule has 0 radical (unpaired) electrons. The van der Waals surface area contributed by atoms with E-state index < -0.39 is 0 Å². The fraction of sp³-hybridized carbons (Fsp3) is 0.818. The van der Waals surface area contributed by atoms with Gasteiger partial charge >= 0.3 is 11.9 Å². The molecule has 1 fully saturated rings. The van der Waals surface area contributed by atoms with Crippen LogP contribution in [0, 0.1) is 5.92 Å². The van der Waals surface area contributed by atoms with E-state index in [1.54, 1.807) is 0 Å². The van der Waals surface area contributed by atoms with Crippen molar-refractivity contribution in [2.45, 2.75) is 45.6 Å². The molecule has 0 saturated heterocycles. The molecule has 0 aliphatic heterocycles. The van der Waals surface area contributed by atoms with Gasteiger partial charge in [0.15, 0.2) is 0 Å². The van der Waals surface area contributed by atoms with E-state index in [1.165, 1.54) is 6.92 Å². The molecule has 0 amide bonds. The van der Waals surface area contributed by atoms with Crippen LogP contribution in [0.15, 0.2) is 0 Å². The summed E-state index contributed by atoms with van der Waals surface area (Å²) in [5.74, 6) is -0.356. The van der Waals surface area contributed by atoms with Gasteiger partial charge < -0.3 is 9.47 Å². The molecule has 0 N–H and O–H groups in total. The number of ether oxygens (including phenoxy) is 2. The minimum absolute atomic E-state index is 0.00300. The second kappa shape index (κ2) is 5.73. The molecule has 4 nitrogen and oxygen atoms in total. The Balaban J connectivity index is 2.29.